The van der Waals surface area contributed by atoms with E-state index in [4.69, 9.17) is 35.5 Å². The van der Waals surface area contributed by atoms with Gasteiger partial charge in [0.05, 0.1) is 31.0 Å². The Kier molecular flexibility index (Phi) is 21.6. The van der Waals surface area contributed by atoms with Crippen LogP contribution in [0.1, 0.15) is 104 Å². The van der Waals surface area contributed by atoms with Gasteiger partial charge < -0.3 is 87.6 Å². The van der Waals surface area contributed by atoms with E-state index < -0.39 is 145 Å². The molecule has 3 saturated carbocycles. The molecule has 6 amide bonds. The fourth-order valence-corrected chi connectivity index (χ4v) is 12.6. The van der Waals surface area contributed by atoms with E-state index in [9.17, 15) is 63.9 Å². The van der Waals surface area contributed by atoms with Crippen LogP contribution in [-0.2, 0) is 54.3 Å². The molecule has 25 nitrogen and oxygen atoms in total. The van der Waals surface area contributed by atoms with E-state index in [0.717, 1.165) is 18.4 Å². The smallest absolute Gasteiger partial charge is 0.429 e. The van der Waals surface area contributed by atoms with Crippen molar-refractivity contribution in [1.82, 2.24) is 21.3 Å². The minimum absolute atomic E-state index is 0.000549. The van der Waals surface area contributed by atoms with Crippen LogP contribution in [0.2, 0.25) is 0 Å². The van der Waals surface area contributed by atoms with Crippen LogP contribution in [0.5, 0.6) is 0 Å². The third-order valence-corrected chi connectivity index (χ3v) is 16.8. The highest BCUT2D eigenvalue weighted by molar-refractivity contribution is 6.01. The highest BCUT2D eigenvalue weighted by atomic mass is 16.8. The van der Waals surface area contributed by atoms with Gasteiger partial charge in [-0.2, -0.15) is 0 Å². The molecule has 5 aliphatic rings. The zero-order valence-corrected chi connectivity index (χ0v) is 46.0. The number of ether oxygens (including phenoxy) is 4. The van der Waals surface area contributed by atoms with E-state index in [0.29, 0.717) is 24.8 Å². The molecule has 4 aliphatic carbocycles. The molecule has 1 aliphatic heterocycles. The van der Waals surface area contributed by atoms with Gasteiger partial charge >= 0.3 is 12.2 Å². The number of nitrogens with two attached hydrogens (primary N) is 2. The number of aliphatic hydroxyl groups is 6. The third kappa shape index (κ3) is 14.2. The first kappa shape index (κ1) is 63.3. The molecule has 4 fully saturated rings. The lowest BCUT2D eigenvalue weighted by atomic mass is 9.46. The van der Waals surface area contributed by atoms with Crippen molar-refractivity contribution in [2.24, 2.45) is 46.0 Å². The van der Waals surface area contributed by atoms with Crippen molar-refractivity contribution in [3.05, 3.63) is 53.6 Å². The third-order valence-electron chi connectivity index (χ3n) is 16.8. The number of fused-ring (bicyclic) bond motifs is 7. The lowest BCUT2D eigenvalue weighted by molar-refractivity contribution is -0.200. The van der Waals surface area contributed by atoms with Gasteiger partial charge in [-0.05, 0) is 99.0 Å². The zero-order valence-electron chi connectivity index (χ0n) is 46.0. The van der Waals surface area contributed by atoms with Crippen molar-refractivity contribution in [2.45, 2.75) is 172 Å². The fraction of sp³-hybridized carbons (Fsp3) is 0.673. The number of amides is 6. The maximum atomic E-state index is 14.6. The number of carbonyl (C=O) groups excluding carboxylic acids is 8. The van der Waals surface area contributed by atoms with Crippen molar-refractivity contribution in [3.63, 3.8) is 0 Å². The summed E-state index contributed by atoms with van der Waals surface area (Å²) in [6.45, 7) is 7.01. The van der Waals surface area contributed by atoms with E-state index in [-0.39, 0.29) is 74.5 Å². The van der Waals surface area contributed by atoms with Gasteiger partial charge in [0, 0.05) is 41.9 Å². The van der Waals surface area contributed by atoms with Gasteiger partial charge in [-0.3, -0.25) is 28.8 Å². The Hall–Kier alpha value is -5.90. The van der Waals surface area contributed by atoms with Crippen LogP contribution in [-0.4, -0.2) is 171 Å². The van der Waals surface area contributed by atoms with Gasteiger partial charge in [0.15, 0.2) is 24.3 Å². The first-order valence-corrected chi connectivity index (χ1v) is 27.5. The number of urea groups is 1. The number of hydrogen-bond donors (Lipinski definition) is 13. The summed E-state index contributed by atoms with van der Waals surface area (Å²) >= 11 is 0. The Morgan fingerprint density at radius 2 is 1.61 bits per heavy atom. The molecule has 1 heterocycles. The number of Topliss-reactive ketones (excluding diaryl/α,β-unsaturated/α-hetero) is 1. The maximum absolute atomic E-state index is 14.6. The van der Waals surface area contributed by atoms with Gasteiger partial charge in [0.2, 0.25) is 29.4 Å². The number of aliphatic hydroxyl groups excluding tert-OH is 6. The van der Waals surface area contributed by atoms with Gasteiger partial charge in [0.25, 0.3) is 0 Å². The summed E-state index contributed by atoms with van der Waals surface area (Å²) in [5.41, 5.74) is 10.1. The SMILES string of the molecule is CCCC1O[C@@H]2C[C@H]3[C@@H]4CCC5=CC(=O)C=C[C@]5(C)[C@H]4[C@@H](O)C[C@]3(C)[C@]2(C(=O)COC(=O)OCc2ccc(NC(=O)[C@H](CCCNC(N)=O)NC(=O)[C@@H](NC(=O)[C@H](N)CCC(=O)NC[C@H](O)[C@@H](O)[C@H](O)[C@H](O)CO)C(C)C)cc2)O1. The maximum Gasteiger partial charge on any atom is 0.509 e. The van der Waals surface area contributed by atoms with Crippen molar-refractivity contribution in [3.8, 4) is 0 Å². The van der Waals surface area contributed by atoms with Crippen LogP contribution in [0.25, 0.3) is 0 Å². The molecular formula is C55H81N7O18. The van der Waals surface area contributed by atoms with Gasteiger partial charge in [-0.1, -0.05) is 64.8 Å². The highest BCUT2D eigenvalue weighted by Gasteiger charge is 2.76. The largest absolute Gasteiger partial charge is 0.509 e. The van der Waals surface area contributed by atoms with E-state index in [1.54, 1.807) is 38.1 Å². The normalized spacial score (nSPS) is 29.1. The summed E-state index contributed by atoms with van der Waals surface area (Å²) in [4.78, 5) is 104. The van der Waals surface area contributed by atoms with Crippen molar-refractivity contribution >= 4 is 53.1 Å². The molecule has 1 aromatic rings. The zero-order chi connectivity index (χ0) is 58.9. The molecule has 6 rings (SSSR count). The molecule has 0 aromatic heterocycles. The molecule has 1 aromatic carbocycles. The summed E-state index contributed by atoms with van der Waals surface area (Å²) in [5.74, 6) is -4.23. The number of ketones is 2. The predicted molar refractivity (Wildman–Crippen MR) is 284 cm³/mol. The van der Waals surface area contributed by atoms with E-state index in [1.807, 2.05) is 19.9 Å². The number of allylic oxidation sites excluding steroid dienone is 4. The van der Waals surface area contributed by atoms with Gasteiger partial charge in [-0.25, -0.2) is 9.59 Å². The monoisotopic (exact) mass is 1130 g/mol. The first-order valence-electron chi connectivity index (χ1n) is 27.5. The van der Waals surface area contributed by atoms with Gasteiger partial charge in [-0.15, -0.1) is 0 Å². The molecule has 444 valence electrons. The molecule has 0 spiro atoms. The molecule has 16 atom stereocenters. The number of primary amides is 1. The Morgan fingerprint density at radius 1 is 0.912 bits per heavy atom. The van der Waals surface area contributed by atoms with Crippen LogP contribution in [0.4, 0.5) is 15.3 Å². The average molecular weight is 1130 g/mol. The minimum Gasteiger partial charge on any atom is -0.429 e. The summed E-state index contributed by atoms with van der Waals surface area (Å²) in [7, 11) is 0. The number of hydrogen-bond acceptors (Lipinski definition) is 19. The van der Waals surface area contributed by atoms with Crippen molar-refractivity contribution in [1.29, 1.82) is 0 Å². The summed E-state index contributed by atoms with van der Waals surface area (Å²) in [6, 6.07) is 1.67. The topological polar surface area (TPSA) is 407 Å². The molecule has 15 N–H and O–H groups in total. The fourth-order valence-electron chi connectivity index (χ4n) is 12.6. The molecule has 0 bridgehead atoms. The highest BCUT2D eigenvalue weighted by Crippen LogP contribution is 2.69. The Morgan fingerprint density at radius 3 is 2.27 bits per heavy atom. The lowest BCUT2D eigenvalue weighted by Gasteiger charge is -2.59. The summed E-state index contributed by atoms with van der Waals surface area (Å²) < 4.78 is 24.0. The van der Waals surface area contributed by atoms with Crippen molar-refractivity contribution in [2.75, 3.05) is 31.6 Å². The molecule has 1 saturated heterocycles. The molecule has 25 heteroatoms. The van der Waals surface area contributed by atoms with Crippen LogP contribution < -0.4 is 38.1 Å². The molecule has 1 unspecified atom stereocenters. The number of nitrogens with one attached hydrogen (secondary N) is 5. The number of anilines is 1. The lowest BCUT2D eigenvalue weighted by Crippen LogP contribution is -2.63. The number of carbonyl (C=O) groups is 8. The van der Waals surface area contributed by atoms with E-state index in [1.165, 1.54) is 12.1 Å². The first-order chi connectivity index (χ1) is 37.8. The predicted octanol–water partition coefficient (Wildman–Crippen LogP) is -0.250. The van der Waals surface area contributed by atoms with E-state index in [2.05, 4.69) is 33.5 Å². The standard InChI is InChI=1S/C55H81N7O18/c1-6-8-43-79-41-22-34-33-15-12-30-21-32(64)18-19-53(30,4)44(33)37(65)23-54(34,5)55(41,80-43)40(68)27-78-52(76)77-26-29-10-13-31(14-11-29)60-49(73)36(9-7-20-58-51(57)75)61-50(74)45(28(2)3)62-48(72)35(56)16-17-42(69)59-24-38(66)46(70)47(71)39(67)25-63/h10-11,13-14,18-19,21,28,33-39,41,43-47,63,65-67,70-71H,6-9,12,15-17,20,22-27,56H2,1-5H3,(H,59,69)(H,60,73)(H,61,74)(H,62,72)(H3,57,58,75)/t33-,34-,35+,36-,37-,38-,39+,41+,43?,44+,45-,46+,47+,53-,54-,55+/m0/s1. The summed E-state index contributed by atoms with van der Waals surface area (Å²) in [6.07, 6.45) is -2.20. The summed E-state index contributed by atoms with van der Waals surface area (Å²) in [5, 5.41) is 72.9. The van der Waals surface area contributed by atoms with Crippen LogP contribution >= 0.6 is 0 Å². The van der Waals surface area contributed by atoms with E-state index >= 15 is 0 Å². The Bertz CT molecular complexity index is 2480. The van der Waals surface area contributed by atoms with Gasteiger partial charge in [0.1, 0.15) is 37.0 Å². The average Bonchev–Trinajstić information content (AvgIpc) is 2.81. The van der Waals surface area contributed by atoms with Crippen LogP contribution in [0.15, 0.2) is 48.1 Å². The van der Waals surface area contributed by atoms with Crippen LogP contribution in [0, 0.1) is 34.5 Å². The quantitative estimate of drug-likeness (QED) is 0.0399. The second-order valence-electron chi connectivity index (χ2n) is 22.6. The second kappa shape index (κ2) is 27.2. The Balaban J connectivity index is 1.01. The minimum atomic E-state index is -1.90. The van der Waals surface area contributed by atoms with Crippen molar-refractivity contribution < 1.29 is 87.9 Å². The molecule has 80 heavy (non-hydrogen) atoms. The second-order valence-corrected chi connectivity index (χ2v) is 22.6. The number of rotatable bonds is 27. The molecular weight excluding hydrogens is 1050 g/mol. The Labute approximate surface area is 464 Å². The molecule has 0 radical (unpaired) electrons. The van der Waals surface area contributed by atoms with Crippen LogP contribution in [0.3, 0.4) is 0 Å². The number of benzene rings is 1.